The lowest BCUT2D eigenvalue weighted by atomic mass is 9.95. The van der Waals surface area contributed by atoms with Gasteiger partial charge in [0.2, 0.25) is 11.8 Å². The van der Waals surface area contributed by atoms with Crippen molar-refractivity contribution in [2.75, 3.05) is 27.2 Å². The van der Waals surface area contributed by atoms with Crippen LogP contribution in [0.5, 0.6) is 0 Å². The lowest BCUT2D eigenvalue weighted by molar-refractivity contribution is -0.136. The van der Waals surface area contributed by atoms with Crippen LogP contribution in [0.15, 0.2) is 28.8 Å². The van der Waals surface area contributed by atoms with Crippen molar-refractivity contribution < 1.29 is 18.8 Å². The lowest BCUT2D eigenvalue weighted by Gasteiger charge is -2.37. The van der Waals surface area contributed by atoms with E-state index in [2.05, 4.69) is 10.1 Å². The molecule has 0 spiro atoms. The molecule has 31 heavy (non-hydrogen) atoms. The van der Waals surface area contributed by atoms with E-state index < -0.39 is 0 Å². The normalized spacial score (nSPS) is 18.6. The van der Waals surface area contributed by atoms with Crippen molar-refractivity contribution in [1.82, 2.24) is 19.9 Å². The summed E-state index contributed by atoms with van der Waals surface area (Å²) in [7, 11) is 3.48. The number of nitrogens with zero attached hydrogens (tertiary/aromatic N) is 4. The number of benzene rings is 1. The van der Waals surface area contributed by atoms with Crippen LogP contribution in [0, 0.1) is 0 Å². The second-order valence-corrected chi connectivity index (χ2v) is 8.00. The standard InChI is InChI=1S/C23H32N4O4/c1-5-20-24-21(31-25-20)11-12-22(28)27(6-2)18-13-14-30-19(15-18)16-7-9-17(10-8-16)23(29)26(3)4/h7-10,18-19H,5-6,11-15H2,1-4H3/t18-,19+/m1/s1. The van der Waals surface area contributed by atoms with Crippen molar-refractivity contribution in [3.05, 3.63) is 47.1 Å². The van der Waals surface area contributed by atoms with Gasteiger partial charge in [0.1, 0.15) is 0 Å². The first-order valence-electron chi connectivity index (χ1n) is 11.0. The number of hydrogen-bond acceptors (Lipinski definition) is 6. The van der Waals surface area contributed by atoms with Gasteiger partial charge in [-0.3, -0.25) is 9.59 Å². The van der Waals surface area contributed by atoms with E-state index in [0.717, 1.165) is 18.4 Å². The van der Waals surface area contributed by atoms with E-state index >= 15 is 0 Å². The van der Waals surface area contributed by atoms with Gasteiger partial charge < -0.3 is 19.1 Å². The number of carbonyl (C=O) groups is 2. The summed E-state index contributed by atoms with van der Waals surface area (Å²) in [6, 6.07) is 7.68. The number of carbonyl (C=O) groups excluding carboxylic acids is 2. The highest BCUT2D eigenvalue weighted by molar-refractivity contribution is 5.93. The zero-order chi connectivity index (χ0) is 22.4. The third-order valence-corrected chi connectivity index (χ3v) is 5.67. The van der Waals surface area contributed by atoms with Crippen molar-refractivity contribution in [2.24, 2.45) is 0 Å². The summed E-state index contributed by atoms with van der Waals surface area (Å²) in [6.07, 6.45) is 2.98. The second-order valence-electron chi connectivity index (χ2n) is 8.00. The average molecular weight is 429 g/mol. The molecule has 0 saturated carbocycles. The molecule has 2 amide bonds. The molecule has 0 radical (unpaired) electrons. The van der Waals surface area contributed by atoms with E-state index in [-0.39, 0.29) is 24.0 Å². The minimum absolute atomic E-state index is 0.0240. The minimum Gasteiger partial charge on any atom is -0.373 e. The number of aryl methyl sites for hydroxylation is 2. The quantitative estimate of drug-likeness (QED) is 0.642. The third-order valence-electron chi connectivity index (χ3n) is 5.67. The Morgan fingerprint density at radius 2 is 1.90 bits per heavy atom. The Morgan fingerprint density at radius 1 is 1.16 bits per heavy atom. The van der Waals surface area contributed by atoms with E-state index in [1.807, 2.05) is 43.0 Å². The zero-order valence-electron chi connectivity index (χ0n) is 18.8. The molecule has 1 saturated heterocycles. The van der Waals surface area contributed by atoms with Crippen molar-refractivity contribution in [2.45, 2.75) is 58.1 Å². The fraction of sp³-hybridized carbons (Fsp3) is 0.565. The van der Waals surface area contributed by atoms with E-state index in [9.17, 15) is 9.59 Å². The summed E-state index contributed by atoms with van der Waals surface area (Å²) in [4.78, 5) is 32.8. The Labute approximate surface area is 183 Å². The van der Waals surface area contributed by atoms with Crippen molar-refractivity contribution in [3.8, 4) is 0 Å². The molecule has 1 aliphatic heterocycles. The summed E-state index contributed by atoms with van der Waals surface area (Å²) in [6.45, 7) is 5.22. The molecule has 8 nitrogen and oxygen atoms in total. The minimum atomic E-state index is -0.0906. The average Bonchev–Trinajstić information content (AvgIpc) is 3.26. The maximum Gasteiger partial charge on any atom is 0.253 e. The summed E-state index contributed by atoms with van der Waals surface area (Å²) in [5, 5.41) is 3.89. The molecular formula is C23H32N4O4. The lowest BCUT2D eigenvalue weighted by Crippen LogP contribution is -2.44. The summed E-state index contributed by atoms with van der Waals surface area (Å²) < 4.78 is 11.2. The Balaban J connectivity index is 1.60. The van der Waals surface area contributed by atoms with Gasteiger partial charge in [-0.15, -0.1) is 0 Å². The van der Waals surface area contributed by atoms with Crippen LogP contribution in [0.25, 0.3) is 0 Å². The first-order valence-corrected chi connectivity index (χ1v) is 11.0. The number of rotatable bonds is 8. The highest BCUT2D eigenvalue weighted by Crippen LogP contribution is 2.31. The first kappa shape index (κ1) is 22.9. The van der Waals surface area contributed by atoms with Gasteiger partial charge in [-0.25, -0.2) is 0 Å². The van der Waals surface area contributed by atoms with Gasteiger partial charge in [0.25, 0.3) is 5.91 Å². The van der Waals surface area contributed by atoms with Crippen LogP contribution in [-0.4, -0.2) is 65.0 Å². The Bertz CT molecular complexity index is 878. The molecule has 2 heterocycles. The highest BCUT2D eigenvalue weighted by atomic mass is 16.5. The topological polar surface area (TPSA) is 88.8 Å². The molecule has 0 unspecified atom stereocenters. The van der Waals surface area contributed by atoms with Crippen LogP contribution in [0.1, 0.15) is 66.9 Å². The Morgan fingerprint density at radius 3 is 2.52 bits per heavy atom. The predicted molar refractivity (Wildman–Crippen MR) is 116 cm³/mol. The fourth-order valence-electron chi connectivity index (χ4n) is 3.92. The van der Waals surface area contributed by atoms with Gasteiger partial charge in [-0.2, -0.15) is 4.98 Å². The van der Waals surface area contributed by atoms with Crippen LogP contribution in [0.2, 0.25) is 0 Å². The number of hydrogen-bond donors (Lipinski definition) is 0. The maximum atomic E-state index is 12.9. The van der Waals surface area contributed by atoms with Crippen molar-refractivity contribution in [3.63, 3.8) is 0 Å². The summed E-state index contributed by atoms with van der Waals surface area (Å²) in [5.74, 6) is 1.25. The van der Waals surface area contributed by atoms with Crippen LogP contribution in [0.4, 0.5) is 0 Å². The molecular weight excluding hydrogens is 396 g/mol. The molecule has 1 aliphatic rings. The summed E-state index contributed by atoms with van der Waals surface area (Å²) in [5.41, 5.74) is 1.68. The molecule has 2 atom stereocenters. The van der Waals surface area contributed by atoms with Crippen LogP contribution in [0.3, 0.4) is 0 Å². The molecule has 1 aromatic heterocycles. The van der Waals surface area contributed by atoms with E-state index in [1.165, 1.54) is 0 Å². The van der Waals surface area contributed by atoms with Crippen LogP contribution in [-0.2, 0) is 22.4 Å². The van der Waals surface area contributed by atoms with Gasteiger partial charge >= 0.3 is 0 Å². The number of amides is 2. The monoisotopic (exact) mass is 428 g/mol. The maximum absolute atomic E-state index is 12.9. The molecule has 0 N–H and O–H groups in total. The summed E-state index contributed by atoms with van der Waals surface area (Å²) >= 11 is 0. The van der Waals surface area contributed by atoms with E-state index in [1.54, 1.807) is 19.0 Å². The predicted octanol–water partition coefficient (Wildman–Crippen LogP) is 3.04. The molecule has 3 rings (SSSR count). The number of ether oxygens (including phenoxy) is 1. The fourth-order valence-corrected chi connectivity index (χ4v) is 3.92. The van der Waals surface area contributed by atoms with Gasteiger partial charge in [0.15, 0.2) is 5.82 Å². The van der Waals surface area contributed by atoms with Crippen LogP contribution < -0.4 is 0 Å². The Kier molecular flexibility index (Phi) is 7.79. The van der Waals surface area contributed by atoms with Gasteiger partial charge in [-0.05, 0) is 37.5 Å². The SMILES string of the molecule is CCc1noc(CCC(=O)N(CC)[C@@H]2CCO[C@H](c3ccc(C(=O)N(C)C)cc3)C2)n1. The zero-order valence-corrected chi connectivity index (χ0v) is 18.8. The molecule has 0 aliphatic carbocycles. The highest BCUT2D eigenvalue weighted by Gasteiger charge is 2.30. The van der Waals surface area contributed by atoms with E-state index in [4.69, 9.17) is 9.26 Å². The molecule has 2 aromatic rings. The van der Waals surface area contributed by atoms with Gasteiger partial charge in [0, 0.05) is 58.1 Å². The molecule has 1 aromatic carbocycles. The molecule has 0 bridgehead atoms. The number of aromatic nitrogens is 2. The largest absolute Gasteiger partial charge is 0.373 e. The van der Waals surface area contributed by atoms with Gasteiger partial charge in [0.05, 0.1) is 6.10 Å². The van der Waals surface area contributed by atoms with Crippen molar-refractivity contribution in [1.29, 1.82) is 0 Å². The first-order chi connectivity index (χ1) is 14.9. The second kappa shape index (κ2) is 10.5. The molecule has 168 valence electrons. The third kappa shape index (κ3) is 5.70. The molecule has 1 fully saturated rings. The van der Waals surface area contributed by atoms with Gasteiger partial charge in [-0.1, -0.05) is 24.2 Å². The van der Waals surface area contributed by atoms with E-state index in [0.29, 0.717) is 49.7 Å². The van der Waals surface area contributed by atoms with Crippen LogP contribution >= 0.6 is 0 Å². The Hall–Kier alpha value is -2.74. The molecule has 8 heteroatoms. The van der Waals surface area contributed by atoms with Crippen molar-refractivity contribution >= 4 is 11.8 Å². The smallest absolute Gasteiger partial charge is 0.253 e.